The van der Waals surface area contributed by atoms with E-state index in [0.717, 1.165) is 18.7 Å². The monoisotopic (exact) mass is 421 g/mol. The van der Waals surface area contributed by atoms with Crippen LogP contribution in [-0.4, -0.2) is 58.4 Å². The molecule has 0 saturated carbocycles. The minimum absolute atomic E-state index is 0.00365. The largest absolute Gasteiger partial charge is 0.379 e. The number of benzene rings is 2. The van der Waals surface area contributed by atoms with E-state index in [1.165, 1.54) is 16.8 Å². The number of morpholine rings is 1. The molecule has 2 heterocycles. The molecule has 1 amide bonds. The lowest BCUT2D eigenvalue weighted by Crippen LogP contribution is -2.43. The number of aromatic nitrogens is 2. The highest BCUT2D eigenvalue weighted by atomic mass is 16.6. The molecular weight excluding hydrogens is 398 g/mol. The average molecular weight is 421 g/mol. The number of nitrogens with zero attached hydrogens (tertiary/aromatic N) is 4. The van der Waals surface area contributed by atoms with Crippen LogP contribution in [-0.2, 0) is 4.74 Å². The molecule has 1 aliphatic rings. The van der Waals surface area contributed by atoms with Crippen molar-refractivity contribution in [2.45, 2.75) is 6.04 Å². The summed E-state index contributed by atoms with van der Waals surface area (Å²) in [5.74, 6) is -0.269. The van der Waals surface area contributed by atoms with Gasteiger partial charge in [-0.15, -0.1) is 0 Å². The summed E-state index contributed by atoms with van der Waals surface area (Å²) in [5, 5.41) is 18.1. The maximum Gasteiger partial charge on any atom is 0.271 e. The third-order valence-electron chi connectivity index (χ3n) is 5.27. The van der Waals surface area contributed by atoms with Crippen molar-refractivity contribution in [2.75, 3.05) is 32.8 Å². The maximum atomic E-state index is 12.7. The van der Waals surface area contributed by atoms with Crippen LogP contribution in [0.4, 0.5) is 5.69 Å². The van der Waals surface area contributed by atoms with Gasteiger partial charge in [0.15, 0.2) is 5.69 Å². The number of ether oxygens (including phenoxy) is 1. The zero-order valence-electron chi connectivity index (χ0n) is 16.9. The Hall–Kier alpha value is -3.56. The van der Waals surface area contributed by atoms with Crippen LogP contribution < -0.4 is 5.32 Å². The summed E-state index contributed by atoms with van der Waals surface area (Å²) in [7, 11) is 0. The Kier molecular flexibility index (Phi) is 6.34. The van der Waals surface area contributed by atoms with Crippen LogP contribution in [0.15, 0.2) is 66.9 Å². The summed E-state index contributed by atoms with van der Waals surface area (Å²) < 4.78 is 6.99. The van der Waals surface area contributed by atoms with E-state index in [1.807, 2.05) is 18.2 Å². The lowest BCUT2D eigenvalue weighted by Gasteiger charge is -2.34. The van der Waals surface area contributed by atoms with Crippen LogP contribution >= 0.6 is 0 Å². The molecule has 0 radical (unpaired) electrons. The zero-order valence-corrected chi connectivity index (χ0v) is 16.9. The van der Waals surface area contributed by atoms with Crippen LogP contribution in [0, 0.1) is 10.1 Å². The van der Waals surface area contributed by atoms with Gasteiger partial charge in [0.2, 0.25) is 0 Å². The summed E-state index contributed by atoms with van der Waals surface area (Å²) >= 11 is 0. The lowest BCUT2D eigenvalue weighted by molar-refractivity contribution is -0.384. The van der Waals surface area contributed by atoms with Gasteiger partial charge in [-0.2, -0.15) is 5.10 Å². The first-order valence-corrected chi connectivity index (χ1v) is 10.1. The fraction of sp³-hybridized carbons (Fsp3) is 0.273. The number of carbonyl (C=O) groups excluding carboxylic acids is 1. The Labute approximate surface area is 179 Å². The molecule has 0 aliphatic carbocycles. The third-order valence-corrected chi connectivity index (χ3v) is 5.27. The van der Waals surface area contributed by atoms with E-state index in [1.54, 1.807) is 24.4 Å². The molecule has 1 saturated heterocycles. The predicted octanol–water partition coefficient (Wildman–Crippen LogP) is 2.58. The first-order chi connectivity index (χ1) is 15.1. The molecular formula is C22H23N5O4. The molecule has 3 aromatic rings. The quantitative estimate of drug-likeness (QED) is 0.465. The second-order valence-electron chi connectivity index (χ2n) is 7.20. The minimum atomic E-state index is -0.455. The molecule has 9 nitrogen and oxygen atoms in total. The number of carbonyl (C=O) groups is 1. The van der Waals surface area contributed by atoms with Gasteiger partial charge < -0.3 is 10.1 Å². The van der Waals surface area contributed by atoms with E-state index in [2.05, 4.69) is 27.4 Å². The fourth-order valence-electron chi connectivity index (χ4n) is 3.62. The normalized spacial score (nSPS) is 15.4. The number of hydrogen-bond donors (Lipinski definition) is 1. The molecule has 31 heavy (non-hydrogen) atoms. The highest BCUT2D eigenvalue weighted by Crippen LogP contribution is 2.21. The Morgan fingerprint density at radius 1 is 1.10 bits per heavy atom. The second-order valence-corrected chi connectivity index (χ2v) is 7.20. The van der Waals surface area contributed by atoms with E-state index >= 15 is 0 Å². The molecule has 1 fully saturated rings. The first-order valence-electron chi connectivity index (χ1n) is 10.1. The molecule has 4 rings (SSSR count). The highest BCUT2D eigenvalue weighted by Gasteiger charge is 2.23. The van der Waals surface area contributed by atoms with E-state index < -0.39 is 4.92 Å². The molecule has 160 valence electrons. The van der Waals surface area contributed by atoms with Crippen LogP contribution in [0.5, 0.6) is 0 Å². The summed E-state index contributed by atoms with van der Waals surface area (Å²) in [5.41, 5.74) is 2.07. The van der Waals surface area contributed by atoms with Crippen molar-refractivity contribution in [1.82, 2.24) is 20.0 Å². The molecule has 2 aromatic carbocycles. The third kappa shape index (κ3) is 4.96. The fourth-order valence-corrected chi connectivity index (χ4v) is 3.62. The van der Waals surface area contributed by atoms with Crippen molar-refractivity contribution >= 4 is 11.6 Å². The van der Waals surface area contributed by atoms with Gasteiger partial charge in [-0.1, -0.05) is 30.3 Å². The number of nitro benzene ring substituents is 1. The van der Waals surface area contributed by atoms with Gasteiger partial charge in [0.25, 0.3) is 11.6 Å². The van der Waals surface area contributed by atoms with Gasteiger partial charge >= 0.3 is 0 Å². The van der Waals surface area contributed by atoms with Crippen LogP contribution in [0.3, 0.4) is 0 Å². The van der Waals surface area contributed by atoms with E-state index in [0.29, 0.717) is 25.4 Å². The molecule has 0 bridgehead atoms. The van der Waals surface area contributed by atoms with Gasteiger partial charge in [0.05, 0.1) is 29.9 Å². The SMILES string of the molecule is O=C(NCC(c1ccccc1)N1CCOCC1)c1ccn(-c2ccc([N+](=O)[O-])cc2)n1. The molecule has 9 heteroatoms. The maximum absolute atomic E-state index is 12.7. The molecule has 1 atom stereocenters. The van der Waals surface area contributed by atoms with E-state index in [9.17, 15) is 14.9 Å². The van der Waals surface area contributed by atoms with Crippen LogP contribution in [0.25, 0.3) is 5.69 Å². The Morgan fingerprint density at radius 2 is 1.81 bits per heavy atom. The van der Waals surface area contributed by atoms with E-state index in [-0.39, 0.29) is 23.3 Å². The van der Waals surface area contributed by atoms with Crippen molar-refractivity contribution in [3.8, 4) is 5.69 Å². The topological polar surface area (TPSA) is 103 Å². The van der Waals surface area contributed by atoms with Gasteiger partial charge in [-0.25, -0.2) is 4.68 Å². The van der Waals surface area contributed by atoms with Gasteiger partial charge in [0.1, 0.15) is 0 Å². The Bertz CT molecular complexity index is 1030. The molecule has 0 spiro atoms. The number of non-ortho nitro benzene ring substituents is 1. The van der Waals surface area contributed by atoms with Crippen molar-refractivity contribution in [3.63, 3.8) is 0 Å². The van der Waals surface area contributed by atoms with Crippen LogP contribution in [0.1, 0.15) is 22.1 Å². The smallest absolute Gasteiger partial charge is 0.271 e. The number of rotatable bonds is 7. The van der Waals surface area contributed by atoms with Crippen molar-refractivity contribution in [1.29, 1.82) is 0 Å². The summed E-state index contributed by atoms with van der Waals surface area (Å²) in [6.07, 6.45) is 1.66. The van der Waals surface area contributed by atoms with Crippen molar-refractivity contribution < 1.29 is 14.5 Å². The highest BCUT2D eigenvalue weighted by molar-refractivity contribution is 5.92. The van der Waals surface area contributed by atoms with Crippen molar-refractivity contribution in [3.05, 3.63) is 88.2 Å². The average Bonchev–Trinajstić information content (AvgIpc) is 3.31. The molecule has 1 aliphatic heterocycles. The van der Waals surface area contributed by atoms with Crippen LogP contribution in [0.2, 0.25) is 0 Å². The van der Waals surface area contributed by atoms with E-state index in [4.69, 9.17) is 4.74 Å². The standard InChI is InChI=1S/C22H23N5O4/c28-22(20-10-11-26(24-20)18-6-8-19(9-7-18)27(29)30)23-16-21(17-4-2-1-3-5-17)25-12-14-31-15-13-25/h1-11,21H,12-16H2,(H,23,28). The summed E-state index contributed by atoms with van der Waals surface area (Å²) in [4.78, 5) is 25.4. The lowest BCUT2D eigenvalue weighted by atomic mass is 10.0. The van der Waals surface area contributed by atoms with Gasteiger partial charge in [-0.3, -0.25) is 19.8 Å². The number of hydrogen-bond acceptors (Lipinski definition) is 6. The first kappa shape index (κ1) is 20.7. The second kappa shape index (κ2) is 9.50. The van der Waals surface area contributed by atoms with Gasteiger partial charge in [0, 0.05) is 38.0 Å². The molecule has 1 unspecified atom stereocenters. The number of nitrogens with one attached hydrogen (secondary N) is 1. The van der Waals surface area contributed by atoms with Crippen molar-refractivity contribution in [2.24, 2.45) is 0 Å². The number of amides is 1. The van der Waals surface area contributed by atoms with Gasteiger partial charge in [-0.05, 0) is 23.8 Å². The molecule has 1 aromatic heterocycles. The minimum Gasteiger partial charge on any atom is -0.379 e. The zero-order chi connectivity index (χ0) is 21.6. The molecule has 1 N–H and O–H groups in total. The Morgan fingerprint density at radius 3 is 2.48 bits per heavy atom. The summed E-state index contributed by atoms with van der Waals surface area (Å²) in [6, 6.07) is 17.8. The predicted molar refractivity (Wildman–Crippen MR) is 114 cm³/mol. The summed E-state index contributed by atoms with van der Waals surface area (Å²) in [6.45, 7) is 3.43. The Balaban J connectivity index is 1.44. The number of nitro groups is 1.